The fourth-order valence-electron chi connectivity index (χ4n) is 2.28. The second-order valence-corrected chi connectivity index (χ2v) is 4.59. The Morgan fingerprint density at radius 3 is 2.25 bits per heavy atom. The molecule has 0 unspecified atom stereocenters. The normalized spacial score (nSPS) is 31.5. The third-order valence-corrected chi connectivity index (χ3v) is 3.40. The van der Waals surface area contributed by atoms with E-state index in [1.807, 2.05) is 0 Å². The fourth-order valence-corrected chi connectivity index (χ4v) is 2.28. The van der Waals surface area contributed by atoms with Gasteiger partial charge in [-0.25, -0.2) is 0 Å². The standard InChI is InChI=1S/C11H23N/c1-9(2)12(4)11-8-6-5-7-10(11)3/h9-11H,5-8H2,1-4H3/t10-,11-/m0/s1. The molecular formula is C11H23N. The Hall–Kier alpha value is -0.0400. The van der Waals surface area contributed by atoms with Crippen LogP contribution < -0.4 is 0 Å². The predicted molar refractivity (Wildman–Crippen MR) is 54.3 cm³/mol. The first kappa shape index (κ1) is 10.0. The van der Waals surface area contributed by atoms with Crippen molar-refractivity contribution in [3.05, 3.63) is 0 Å². The molecule has 0 saturated heterocycles. The highest BCUT2D eigenvalue weighted by Gasteiger charge is 2.25. The van der Waals surface area contributed by atoms with Gasteiger partial charge in [-0.1, -0.05) is 19.8 Å². The van der Waals surface area contributed by atoms with Gasteiger partial charge in [0.05, 0.1) is 0 Å². The first-order chi connectivity index (χ1) is 5.63. The summed E-state index contributed by atoms with van der Waals surface area (Å²) in [6, 6.07) is 1.55. The lowest BCUT2D eigenvalue weighted by Gasteiger charge is -2.38. The van der Waals surface area contributed by atoms with Gasteiger partial charge in [-0.05, 0) is 39.7 Å². The minimum Gasteiger partial charge on any atom is -0.301 e. The summed E-state index contributed by atoms with van der Waals surface area (Å²) >= 11 is 0. The van der Waals surface area contributed by atoms with E-state index in [-0.39, 0.29) is 0 Å². The van der Waals surface area contributed by atoms with Gasteiger partial charge in [-0.15, -0.1) is 0 Å². The van der Waals surface area contributed by atoms with E-state index in [1.54, 1.807) is 0 Å². The lowest BCUT2D eigenvalue weighted by molar-refractivity contribution is 0.111. The van der Waals surface area contributed by atoms with Crippen molar-refractivity contribution < 1.29 is 0 Å². The van der Waals surface area contributed by atoms with Gasteiger partial charge >= 0.3 is 0 Å². The van der Waals surface area contributed by atoms with E-state index in [0.29, 0.717) is 6.04 Å². The van der Waals surface area contributed by atoms with Crippen LogP contribution in [-0.4, -0.2) is 24.0 Å². The Bertz CT molecular complexity index is 131. The van der Waals surface area contributed by atoms with Crippen molar-refractivity contribution in [2.45, 2.75) is 58.5 Å². The van der Waals surface area contributed by atoms with Crippen LogP contribution in [0.25, 0.3) is 0 Å². The Kier molecular flexibility index (Phi) is 3.57. The lowest BCUT2D eigenvalue weighted by atomic mass is 9.84. The summed E-state index contributed by atoms with van der Waals surface area (Å²) < 4.78 is 0. The second kappa shape index (κ2) is 4.27. The zero-order valence-electron chi connectivity index (χ0n) is 9.01. The van der Waals surface area contributed by atoms with Crippen LogP contribution in [0.2, 0.25) is 0 Å². The van der Waals surface area contributed by atoms with Gasteiger partial charge in [0.25, 0.3) is 0 Å². The zero-order chi connectivity index (χ0) is 9.14. The number of hydrogen-bond donors (Lipinski definition) is 0. The summed E-state index contributed by atoms with van der Waals surface area (Å²) in [5.41, 5.74) is 0. The smallest absolute Gasteiger partial charge is 0.0120 e. The van der Waals surface area contributed by atoms with Gasteiger partial charge in [-0.3, -0.25) is 0 Å². The van der Waals surface area contributed by atoms with E-state index < -0.39 is 0 Å². The van der Waals surface area contributed by atoms with Gasteiger partial charge in [-0.2, -0.15) is 0 Å². The molecule has 0 N–H and O–H groups in total. The molecule has 0 aromatic heterocycles. The summed E-state index contributed by atoms with van der Waals surface area (Å²) in [5, 5.41) is 0. The Morgan fingerprint density at radius 1 is 1.17 bits per heavy atom. The molecule has 1 aliphatic rings. The molecule has 12 heavy (non-hydrogen) atoms. The number of rotatable bonds is 2. The second-order valence-electron chi connectivity index (χ2n) is 4.59. The summed E-state index contributed by atoms with van der Waals surface area (Å²) in [4.78, 5) is 2.55. The average molecular weight is 169 g/mol. The van der Waals surface area contributed by atoms with Crippen LogP contribution >= 0.6 is 0 Å². The maximum absolute atomic E-state index is 2.55. The summed E-state index contributed by atoms with van der Waals surface area (Å²) in [7, 11) is 2.27. The van der Waals surface area contributed by atoms with Gasteiger partial charge in [0.15, 0.2) is 0 Å². The van der Waals surface area contributed by atoms with E-state index in [1.165, 1.54) is 25.7 Å². The third kappa shape index (κ3) is 2.22. The predicted octanol–water partition coefficient (Wildman–Crippen LogP) is 2.91. The first-order valence-electron chi connectivity index (χ1n) is 5.35. The molecule has 0 radical (unpaired) electrons. The first-order valence-corrected chi connectivity index (χ1v) is 5.35. The van der Waals surface area contributed by atoms with Crippen molar-refractivity contribution in [3.63, 3.8) is 0 Å². The van der Waals surface area contributed by atoms with Crippen molar-refractivity contribution >= 4 is 0 Å². The maximum Gasteiger partial charge on any atom is 0.0120 e. The molecule has 1 fully saturated rings. The minimum atomic E-state index is 0.704. The van der Waals surface area contributed by atoms with Crippen LogP contribution in [0.15, 0.2) is 0 Å². The summed E-state index contributed by atoms with van der Waals surface area (Å²) in [5.74, 6) is 0.908. The van der Waals surface area contributed by atoms with Gasteiger partial charge in [0.1, 0.15) is 0 Å². The quantitative estimate of drug-likeness (QED) is 0.614. The molecule has 1 heteroatoms. The fraction of sp³-hybridized carbons (Fsp3) is 1.00. The molecule has 1 saturated carbocycles. The Labute approximate surface area is 77.1 Å². The highest BCUT2D eigenvalue weighted by Crippen LogP contribution is 2.28. The monoisotopic (exact) mass is 169 g/mol. The molecule has 0 aromatic carbocycles. The third-order valence-electron chi connectivity index (χ3n) is 3.40. The van der Waals surface area contributed by atoms with Crippen LogP contribution in [-0.2, 0) is 0 Å². The van der Waals surface area contributed by atoms with Crippen LogP contribution in [0.5, 0.6) is 0 Å². The molecule has 1 nitrogen and oxygen atoms in total. The average Bonchev–Trinajstić information content (AvgIpc) is 2.04. The molecular weight excluding hydrogens is 146 g/mol. The molecule has 0 aromatic rings. The van der Waals surface area contributed by atoms with E-state index in [4.69, 9.17) is 0 Å². The molecule has 1 rings (SSSR count). The lowest BCUT2D eigenvalue weighted by Crippen LogP contribution is -2.42. The van der Waals surface area contributed by atoms with Crippen molar-refractivity contribution in [2.24, 2.45) is 5.92 Å². The molecule has 0 heterocycles. The number of nitrogens with zero attached hydrogens (tertiary/aromatic N) is 1. The van der Waals surface area contributed by atoms with Crippen molar-refractivity contribution in [1.29, 1.82) is 0 Å². The van der Waals surface area contributed by atoms with Crippen LogP contribution in [0.3, 0.4) is 0 Å². The molecule has 0 amide bonds. The highest BCUT2D eigenvalue weighted by molar-refractivity contribution is 4.80. The van der Waals surface area contributed by atoms with E-state index in [0.717, 1.165) is 12.0 Å². The molecule has 2 atom stereocenters. The number of hydrogen-bond acceptors (Lipinski definition) is 1. The Balaban J connectivity index is 2.47. The molecule has 0 spiro atoms. The largest absolute Gasteiger partial charge is 0.301 e. The Morgan fingerprint density at radius 2 is 1.75 bits per heavy atom. The summed E-state index contributed by atoms with van der Waals surface area (Å²) in [6.45, 7) is 6.99. The SMILES string of the molecule is CC(C)N(C)[C@H]1CCCC[C@@H]1C. The van der Waals surface area contributed by atoms with Crippen LogP contribution in [0.1, 0.15) is 46.5 Å². The maximum atomic E-state index is 2.55. The van der Waals surface area contributed by atoms with Crippen molar-refractivity contribution in [3.8, 4) is 0 Å². The zero-order valence-corrected chi connectivity index (χ0v) is 9.01. The van der Waals surface area contributed by atoms with E-state index >= 15 is 0 Å². The van der Waals surface area contributed by atoms with E-state index in [9.17, 15) is 0 Å². The highest BCUT2D eigenvalue weighted by atomic mass is 15.2. The topological polar surface area (TPSA) is 3.24 Å². The van der Waals surface area contributed by atoms with Crippen LogP contribution in [0, 0.1) is 5.92 Å². The van der Waals surface area contributed by atoms with Crippen molar-refractivity contribution in [2.75, 3.05) is 7.05 Å². The van der Waals surface area contributed by atoms with Gasteiger partial charge in [0.2, 0.25) is 0 Å². The van der Waals surface area contributed by atoms with Gasteiger partial charge in [0, 0.05) is 12.1 Å². The van der Waals surface area contributed by atoms with Crippen molar-refractivity contribution in [1.82, 2.24) is 4.90 Å². The van der Waals surface area contributed by atoms with Crippen LogP contribution in [0.4, 0.5) is 0 Å². The summed E-state index contributed by atoms with van der Waals surface area (Å²) in [6.07, 6.45) is 5.73. The molecule has 72 valence electrons. The minimum absolute atomic E-state index is 0.704. The molecule has 0 bridgehead atoms. The van der Waals surface area contributed by atoms with E-state index in [2.05, 4.69) is 32.7 Å². The molecule has 1 aliphatic carbocycles. The molecule has 0 aliphatic heterocycles. The van der Waals surface area contributed by atoms with Gasteiger partial charge < -0.3 is 4.90 Å².